The van der Waals surface area contributed by atoms with E-state index in [2.05, 4.69) is 43.5 Å². The van der Waals surface area contributed by atoms with Gasteiger partial charge in [0, 0.05) is 43.5 Å². The molecule has 0 spiro atoms. The fraction of sp³-hybridized carbons (Fsp3) is 0.417. The molecule has 1 amide bonds. The first-order chi connectivity index (χ1) is 16.5. The minimum atomic E-state index is 0.0120. The highest BCUT2D eigenvalue weighted by atomic mass is 16.5. The third kappa shape index (κ3) is 4.28. The molecule has 1 unspecified atom stereocenters. The summed E-state index contributed by atoms with van der Waals surface area (Å²) in [6.45, 7) is 3.47. The van der Waals surface area contributed by atoms with Crippen molar-refractivity contribution in [2.24, 2.45) is 5.92 Å². The molecule has 34 heavy (non-hydrogen) atoms. The van der Waals surface area contributed by atoms with E-state index >= 15 is 0 Å². The Morgan fingerprint density at radius 1 is 1.24 bits per heavy atom. The van der Waals surface area contributed by atoms with Crippen LogP contribution in [-0.2, 0) is 4.79 Å². The Labute approximate surface area is 198 Å². The molecule has 1 aliphatic carbocycles. The zero-order valence-electron chi connectivity index (χ0n) is 19.5. The van der Waals surface area contributed by atoms with Crippen LogP contribution in [0.4, 0.5) is 17.3 Å². The molecule has 3 aromatic rings. The van der Waals surface area contributed by atoms with Gasteiger partial charge in [-0.05, 0) is 37.9 Å². The quantitative estimate of drug-likeness (QED) is 0.528. The summed E-state index contributed by atoms with van der Waals surface area (Å²) >= 11 is 0. The number of aromatic amines is 1. The standard InChI is InChI=1S/C24H30N8O2/c1-31-7-9-32(10-8-31)24(33)16-5-3-15(4-6-16)21-22(25)26-14-27-23(21)29-19-11-17-13-28-30-18(17)12-20(19)34-2/h3,11-14,16H,4-10H2,1-2H3,(H,28,30)(H3,25,26,27,29). The van der Waals surface area contributed by atoms with Crippen LogP contribution in [0, 0.1) is 5.92 Å². The van der Waals surface area contributed by atoms with E-state index in [1.165, 1.54) is 6.33 Å². The van der Waals surface area contributed by atoms with Gasteiger partial charge >= 0.3 is 0 Å². The van der Waals surface area contributed by atoms with Crippen LogP contribution in [0.15, 0.2) is 30.7 Å². The van der Waals surface area contributed by atoms with Gasteiger partial charge in [-0.15, -0.1) is 0 Å². The summed E-state index contributed by atoms with van der Waals surface area (Å²) < 4.78 is 5.57. The van der Waals surface area contributed by atoms with Crippen molar-refractivity contribution < 1.29 is 9.53 Å². The summed E-state index contributed by atoms with van der Waals surface area (Å²) in [5.74, 6) is 1.96. The highest BCUT2D eigenvalue weighted by molar-refractivity contribution is 5.89. The molecular formula is C24H30N8O2. The Balaban J connectivity index is 1.38. The van der Waals surface area contributed by atoms with E-state index in [1.807, 2.05) is 17.0 Å². The van der Waals surface area contributed by atoms with Crippen molar-refractivity contribution in [2.45, 2.75) is 19.3 Å². The third-order valence-corrected chi connectivity index (χ3v) is 6.79. The number of carbonyl (C=O) groups excluding carboxylic acids is 1. The van der Waals surface area contributed by atoms with Gasteiger partial charge in [0.15, 0.2) is 0 Å². The monoisotopic (exact) mass is 462 g/mol. The van der Waals surface area contributed by atoms with Crippen LogP contribution in [-0.4, -0.2) is 76.2 Å². The number of carbonyl (C=O) groups is 1. The first kappa shape index (κ1) is 22.1. The van der Waals surface area contributed by atoms with E-state index in [9.17, 15) is 4.79 Å². The number of nitrogens with one attached hydrogen (secondary N) is 2. The molecule has 178 valence electrons. The maximum absolute atomic E-state index is 13.0. The molecule has 10 heteroatoms. The number of anilines is 3. The molecule has 1 saturated heterocycles. The topological polar surface area (TPSA) is 125 Å². The van der Waals surface area contributed by atoms with Gasteiger partial charge in [0.2, 0.25) is 5.91 Å². The van der Waals surface area contributed by atoms with Crippen molar-refractivity contribution in [3.05, 3.63) is 36.3 Å². The fourth-order valence-electron chi connectivity index (χ4n) is 4.75. The maximum atomic E-state index is 13.0. The zero-order valence-corrected chi connectivity index (χ0v) is 19.5. The number of methoxy groups -OCH3 is 1. The lowest BCUT2D eigenvalue weighted by atomic mass is 9.85. The number of aromatic nitrogens is 4. The summed E-state index contributed by atoms with van der Waals surface area (Å²) in [6.07, 6.45) is 7.56. The van der Waals surface area contributed by atoms with E-state index in [-0.39, 0.29) is 11.8 Å². The molecule has 0 radical (unpaired) electrons. The van der Waals surface area contributed by atoms with Gasteiger partial charge in [0.05, 0.1) is 30.1 Å². The summed E-state index contributed by atoms with van der Waals surface area (Å²) in [7, 11) is 3.72. The number of hydrogen-bond donors (Lipinski definition) is 3. The normalized spacial score (nSPS) is 19.2. The molecular weight excluding hydrogens is 432 g/mol. The van der Waals surface area contributed by atoms with Gasteiger partial charge in [0.1, 0.15) is 23.7 Å². The van der Waals surface area contributed by atoms with Gasteiger partial charge in [0.25, 0.3) is 0 Å². The number of allylic oxidation sites excluding steroid dienone is 2. The molecule has 3 heterocycles. The third-order valence-electron chi connectivity index (χ3n) is 6.79. The number of H-pyrrole nitrogens is 1. The summed E-state index contributed by atoms with van der Waals surface area (Å²) in [4.78, 5) is 26.0. The van der Waals surface area contributed by atoms with E-state index in [0.717, 1.165) is 66.7 Å². The number of nitrogens with zero attached hydrogens (tertiary/aromatic N) is 5. The minimum Gasteiger partial charge on any atom is -0.494 e. The van der Waals surface area contributed by atoms with Crippen LogP contribution in [0.25, 0.3) is 16.5 Å². The van der Waals surface area contributed by atoms with E-state index in [4.69, 9.17) is 10.5 Å². The van der Waals surface area contributed by atoms with Crippen LogP contribution in [0.5, 0.6) is 5.75 Å². The lowest BCUT2D eigenvalue weighted by Crippen LogP contribution is -2.49. The van der Waals surface area contributed by atoms with Gasteiger partial charge in [-0.2, -0.15) is 5.10 Å². The average Bonchev–Trinajstić information content (AvgIpc) is 3.31. The molecule has 4 N–H and O–H groups in total. The van der Waals surface area contributed by atoms with Crippen LogP contribution in [0.1, 0.15) is 24.8 Å². The number of fused-ring (bicyclic) bond motifs is 1. The number of rotatable bonds is 5. The van der Waals surface area contributed by atoms with Gasteiger partial charge < -0.3 is 25.6 Å². The molecule has 0 bridgehead atoms. The molecule has 1 fully saturated rings. The largest absolute Gasteiger partial charge is 0.494 e. The molecule has 5 rings (SSSR count). The number of amides is 1. The Morgan fingerprint density at radius 2 is 2.06 bits per heavy atom. The number of nitrogens with two attached hydrogens (primary N) is 1. The predicted molar refractivity (Wildman–Crippen MR) is 132 cm³/mol. The Hall–Kier alpha value is -3.66. The highest BCUT2D eigenvalue weighted by Crippen LogP contribution is 2.39. The fourth-order valence-corrected chi connectivity index (χ4v) is 4.75. The lowest BCUT2D eigenvalue weighted by Gasteiger charge is -2.35. The van der Waals surface area contributed by atoms with Crippen LogP contribution in [0.3, 0.4) is 0 Å². The number of ether oxygens (including phenoxy) is 1. The number of likely N-dealkylation sites (N-methyl/N-ethyl adjacent to an activating group) is 1. The summed E-state index contributed by atoms with van der Waals surface area (Å²) in [5.41, 5.74) is 9.80. The van der Waals surface area contributed by atoms with Crippen LogP contribution >= 0.6 is 0 Å². The van der Waals surface area contributed by atoms with Crippen molar-refractivity contribution in [3.63, 3.8) is 0 Å². The molecule has 0 saturated carbocycles. The second-order valence-electron chi connectivity index (χ2n) is 8.95. The van der Waals surface area contributed by atoms with Crippen molar-refractivity contribution in [2.75, 3.05) is 51.4 Å². The molecule has 10 nitrogen and oxygen atoms in total. The molecule has 1 atom stereocenters. The minimum absolute atomic E-state index is 0.0120. The molecule has 2 aromatic heterocycles. The first-order valence-electron chi connectivity index (χ1n) is 11.6. The second kappa shape index (κ2) is 9.30. The number of benzene rings is 1. The smallest absolute Gasteiger partial charge is 0.226 e. The van der Waals surface area contributed by atoms with Crippen molar-refractivity contribution >= 4 is 39.7 Å². The first-order valence-corrected chi connectivity index (χ1v) is 11.6. The van der Waals surface area contributed by atoms with Crippen molar-refractivity contribution in [3.8, 4) is 5.75 Å². The average molecular weight is 463 g/mol. The van der Waals surface area contributed by atoms with Gasteiger partial charge in [-0.25, -0.2) is 9.97 Å². The van der Waals surface area contributed by atoms with Crippen molar-refractivity contribution in [1.29, 1.82) is 0 Å². The van der Waals surface area contributed by atoms with E-state index in [1.54, 1.807) is 13.3 Å². The van der Waals surface area contributed by atoms with E-state index < -0.39 is 0 Å². The Bertz CT molecular complexity index is 1230. The number of hydrogen-bond acceptors (Lipinski definition) is 8. The van der Waals surface area contributed by atoms with E-state index in [0.29, 0.717) is 23.8 Å². The SMILES string of the molecule is COc1cc2[nH]ncc2cc1Nc1ncnc(N)c1C1=CCC(C(=O)N2CCN(C)CC2)CC1. The Kier molecular flexibility index (Phi) is 6.06. The van der Waals surface area contributed by atoms with Crippen molar-refractivity contribution in [1.82, 2.24) is 30.0 Å². The summed E-state index contributed by atoms with van der Waals surface area (Å²) in [5, 5.41) is 11.4. The predicted octanol–water partition coefficient (Wildman–Crippen LogP) is 2.64. The molecule has 1 aliphatic heterocycles. The summed E-state index contributed by atoms with van der Waals surface area (Å²) in [6, 6.07) is 3.85. The van der Waals surface area contributed by atoms with Gasteiger partial charge in [-0.3, -0.25) is 9.89 Å². The second-order valence-corrected chi connectivity index (χ2v) is 8.95. The van der Waals surface area contributed by atoms with Gasteiger partial charge in [-0.1, -0.05) is 6.08 Å². The van der Waals surface area contributed by atoms with Crippen LogP contribution < -0.4 is 15.8 Å². The Morgan fingerprint density at radius 3 is 2.79 bits per heavy atom. The number of piperazine rings is 1. The number of nitrogen functional groups attached to an aromatic ring is 1. The highest BCUT2D eigenvalue weighted by Gasteiger charge is 2.29. The molecule has 2 aliphatic rings. The maximum Gasteiger partial charge on any atom is 0.226 e. The molecule has 1 aromatic carbocycles. The van der Waals surface area contributed by atoms with Crippen LogP contribution in [0.2, 0.25) is 0 Å². The zero-order chi connectivity index (χ0) is 23.7. The lowest BCUT2D eigenvalue weighted by molar-refractivity contribution is -0.137.